The molecule has 0 aromatic carbocycles. The second kappa shape index (κ2) is 11.1. The van der Waals surface area contributed by atoms with E-state index in [9.17, 15) is 0 Å². The van der Waals surface area contributed by atoms with Crippen LogP contribution in [0.25, 0.3) is 0 Å². The summed E-state index contributed by atoms with van der Waals surface area (Å²) < 4.78 is 0. The van der Waals surface area contributed by atoms with Gasteiger partial charge in [0.2, 0.25) is 0 Å². The first-order valence-corrected chi connectivity index (χ1v) is 1.76. The van der Waals surface area contributed by atoms with Crippen LogP contribution in [0.5, 0.6) is 0 Å². The summed E-state index contributed by atoms with van der Waals surface area (Å²) in [4.78, 5) is 9.00. The minimum atomic E-state index is -0.833. The molecular weight excluding hydrogens is 198 g/mol. The number of guanidine groups is 1. The van der Waals surface area contributed by atoms with Crippen LogP contribution in [0.15, 0.2) is 0 Å². The van der Waals surface area contributed by atoms with Crippen LogP contribution in [0.3, 0.4) is 0 Å². The van der Waals surface area contributed by atoms with E-state index < -0.39 is 5.97 Å². The number of rotatable bonds is 0. The van der Waals surface area contributed by atoms with Crippen molar-refractivity contribution in [3.05, 3.63) is 0 Å². The Morgan fingerprint density at radius 3 is 1.56 bits per heavy atom. The van der Waals surface area contributed by atoms with Crippen molar-refractivity contribution in [1.82, 2.24) is 0 Å². The number of nitrogens with one attached hydrogen (secondary N) is 1. The van der Waals surface area contributed by atoms with Crippen LogP contribution in [0.1, 0.15) is 6.92 Å². The number of nitrogens with two attached hydrogens (primary N) is 2. The molecule has 0 atom stereocenters. The topological polar surface area (TPSA) is 113 Å². The molecule has 0 rings (SSSR count). The first kappa shape index (κ1) is 16.1. The SMILES string of the molecule is CC(=O)O.N=C(N)N.[SrH2]. The predicted molar refractivity (Wildman–Crippen MR) is 38.0 cm³/mol. The van der Waals surface area contributed by atoms with Crippen LogP contribution < -0.4 is 11.5 Å². The molecule has 52 valence electrons. The second-order valence-corrected chi connectivity index (χ2v) is 0.974. The summed E-state index contributed by atoms with van der Waals surface area (Å²) in [7, 11) is 0. The summed E-state index contributed by atoms with van der Waals surface area (Å²) in [5.74, 6) is -1.17. The van der Waals surface area contributed by atoms with E-state index in [0.717, 1.165) is 6.92 Å². The van der Waals surface area contributed by atoms with E-state index in [1.807, 2.05) is 0 Å². The van der Waals surface area contributed by atoms with Crippen molar-refractivity contribution >= 4 is 57.4 Å². The van der Waals surface area contributed by atoms with Crippen LogP contribution in [-0.4, -0.2) is 62.5 Å². The Kier molecular flexibility index (Phi) is 19.8. The van der Waals surface area contributed by atoms with Gasteiger partial charge in [0.05, 0.1) is 0 Å². The summed E-state index contributed by atoms with van der Waals surface area (Å²) in [6.45, 7) is 1.08. The molecule has 0 aliphatic heterocycles. The molecule has 0 radical (unpaired) electrons. The average molecular weight is 209 g/mol. The van der Waals surface area contributed by atoms with Crippen molar-refractivity contribution in [3.63, 3.8) is 0 Å². The molecule has 0 fully saturated rings. The van der Waals surface area contributed by atoms with E-state index in [0.29, 0.717) is 0 Å². The molecule has 0 aromatic heterocycles. The first-order chi connectivity index (χ1) is 3.46. The van der Waals surface area contributed by atoms with Gasteiger partial charge in [-0.1, -0.05) is 0 Å². The van der Waals surface area contributed by atoms with Crippen molar-refractivity contribution in [1.29, 1.82) is 5.41 Å². The number of carboxylic acids is 1. The summed E-state index contributed by atoms with van der Waals surface area (Å²) in [6, 6.07) is 0. The molecule has 9 heavy (non-hydrogen) atoms. The third kappa shape index (κ3) is 6540. The normalized spacial score (nSPS) is 5.44. The Morgan fingerprint density at radius 2 is 1.56 bits per heavy atom. The van der Waals surface area contributed by atoms with Gasteiger partial charge in [0.15, 0.2) is 5.96 Å². The first-order valence-electron chi connectivity index (χ1n) is 1.76. The van der Waals surface area contributed by atoms with Gasteiger partial charge >= 0.3 is 45.5 Å². The number of hydrogen-bond acceptors (Lipinski definition) is 2. The van der Waals surface area contributed by atoms with Crippen molar-refractivity contribution < 1.29 is 9.90 Å². The number of aliphatic carboxylic acids is 1. The predicted octanol–water partition coefficient (Wildman–Crippen LogP) is -1.99. The third-order valence-electron chi connectivity index (χ3n) is 0. The summed E-state index contributed by atoms with van der Waals surface area (Å²) in [5, 5.41) is 13.5. The molecule has 0 aliphatic carbocycles. The van der Waals surface area contributed by atoms with Crippen LogP contribution in [0, 0.1) is 5.41 Å². The van der Waals surface area contributed by atoms with Gasteiger partial charge in [0.1, 0.15) is 0 Å². The number of carboxylic acid groups (broad SMARTS) is 1. The number of hydrogen-bond donors (Lipinski definition) is 4. The molecule has 0 saturated heterocycles. The van der Waals surface area contributed by atoms with E-state index in [-0.39, 0.29) is 51.4 Å². The van der Waals surface area contributed by atoms with Gasteiger partial charge in [-0.25, -0.2) is 0 Å². The van der Waals surface area contributed by atoms with Gasteiger partial charge in [0.25, 0.3) is 5.97 Å². The van der Waals surface area contributed by atoms with Crippen molar-refractivity contribution in [2.75, 3.05) is 0 Å². The van der Waals surface area contributed by atoms with Gasteiger partial charge in [-0.3, -0.25) is 10.2 Å². The average Bonchev–Trinajstić information content (AvgIpc) is 1.25. The van der Waals surface area contributed by atoms with Crippen molar-refractivity contribution in [3.8, 4) is 0 Å². The van der Waals surface area contributed by atoms with E-state index in [1.54, 1.807) is 0 Å². The van der Waals surface area contributed by atoms with Gasteiger partial charge in [-0.05, 0) is 0 Å². The third-order valence-corrected chi connectivity index (χ3v) is 0. The molecule has 0 unspecified atom stereocenters. The van der Waals surface area contributed by atoms with Gasteiger partial charge < -0.3 is 16.6 Å². The Morgan fingerprint density at radius 1 is 1.56 bits per heavy atom. The van der Waals surface area contributed by atoms with Crippen molar-refractivity contribution in [2.24, 2.45) is 11.5 Å². The summed E-state index contributed by atoms with van der Waals surface area (Å²) >= 11 is 0. The zero-order valence-electron chi connectivity index (χ0n) is 4.51. The summed E-state index contributed by atoms with van der Waals surface area (Å²) in [6.07, 6.45) is 0. The van der Waals surface area contributed by atoms with Crippen LogP contribution in [0.2, 0.25) is 0 Å². The second-order valence-electron chi connectivity index (χ2n) is 0.974. The van der Waals surface area contributed by atoms with E-state index in [4.69, 9.17) is 15.3 Å². The Balaban J connectivity index is -0.0000000720. The molecule has 0 heterocycles. The number of carbonyl (C=O) groups is 1. The maximum absolute atomic E-state index is 9.00. The van der Waals surface area contributed by atoms with E-state index >= 15 is 0 Å². The van der Waals surface area contributed by atoms with Crippen molar-refractivity contribution in [2.45, 2.75) is 6.92 Å². The van der Waals surface area contributed by atoms with Crippen LogP contribution in [0.4, 0.5) is 0 Å². The molecule has 0 bridgehead atoms. The van der Waals surface area contributed by atoms with Gasteiger partial charge in [0, 0.05) is 6.92 Å². The zero-order valence-corrected chi connectivity index (χ0v) is 4.51. The molecule has 5 nitrogen and oxygen atoms in total. The molecule has 6 heteroatoms. The molecule has 0 amide bonds. The minimum absolute atomic E-state index is 0. The quantitative estimate of drug-likeness (QED) is 0.210. The summed E-state index contributed by atoms with van der Waals surface area (Å²) in [5.41, 5.74) is 8.94. The molecule has 0 spiro atoms. The molecule has 0 saturated carbocycles. The van der Waals surface area contributed by atoms with Crippen LogP contribution >= 0.6 is 0 Å². The van der Waals surface area contributed by atoms with Gasteiger partial charge in [-0.2, -0.15) is 0 Å². The fourth-order valence-corrected chi connectivity index (χ4v) is 0. The Labute approximate surface area is 90.2 Å². The standard InChI is InChI=1S/C2H4O2.CH5N3.Sr.2H/c1-2(3)4;2-1(3)4;;;/h1H3,(H,3,4);(H5,2,3,4);;;. The van der Waals surface area contributed by atoms with Gasteiger partial charge in [-0.15, -0.1) is 0 Å². The molecule has 6 N–H and O–H groups in total. The molecule has 0 aromatic rings. The zero-order chi connectivity index (χ0) is 7.15. The van der Waals surface area contributed by atoms with Crippen LogP contribution in [-0.2, 0) is 4.79 Å². The Hall–Kier alpha value is 0.221. The Bertz CT molecular complexity index is 75.1. The van der Waals surface area contributed by atoms with E-state index in [1.165, 1.54) is 0 Å². The molecular formula is C3H11N3O2Sr. The monoisotopic (exact) mass is 209 g/mol. The fraction of sp³-hybridized carbons (Fsp3) is 0.333. The maximum atomic E-state index is 9.00. The fourth-order valence-electron chi connectivity index (χ4n) is 0. The van der Waals surface area contributed by atoms with E-state index in [2.05, 4.69) is 11.5 Å². The molecule has 0 aliphatic rings.